The number of nitrogens with zero attached hydrogens (tertiary/aromatic N) is 3. The minimum atomic E-state index is -2.74. The molecule has 1 atom stereocenters. The van der Waals surface area contributed by atoms with Crippen molar-refractivity contribution in [3.8, 4) is 0 Å². The van der Waals surface area contributed by atoms with Crippen molar-refractivity contribution >= 4 is 23.4 Å². The van der Waals surface area contributed by atoms with E-state index in [9.17, 15) is 18.4 Å². The van der Waals surface area contributed by atoms with Crippen LogP contribution in [0.5, 0.6) is 0 Å². The molecule has 1 heterocycles. The predicted octanol–water partition coefficient (Wildman–Crippen LogP) is 3.34. The highest BCUT2D eigenvalue weighted by atomic mass is 35.5. The fraction of sp³-hybridized carbons (Fsp3) is 0.389. The normalized spacial score (nSPS) is 12.3. The summed E-state index contributed by atoms with van der Waals surface area (Å²) in [5.41, 5.74) is 0.369. The summed E-state index contributed by atoms with van der Waals surface area (Å²) in [5, 5.41) is 3.20. The van der Waals surface area contributed by atoms with Crippen LogP contribution in [0.3, 0.4) is 0 Å². The summed E-state index contributed by atoms with van der Waals surface area (Å²) in [6, 6.07) is 5.47. The summed E-state index contributed by atoms with van der Waals surface area (Å²) in [6.07, 6.45) is 2.41. The summed E-state index contributed by atoms with van der Waals surface area (Å²) >= 11 is 5.81. The van der Waals surface area contributed by atoms with Crippen LogP contribution < -0.4 is 5.32 Å². The Kier molecular flexibility index (Phi) is 6.90. The zero-order valence-electron chi connectivity index (χ0n) is 15.2. The third-order valence-corrected chi connectivity index (χ3v) is 4.29. The fourth-order valence-corrected chi connectivity index (χ4v) is 2.64. The Morgan fingerprint density at radius 2 is 1.89 bits per heavy atom. The van der Waals surface area contributed by atoms with E-state index in [1.54, 1.807) is 38.1 Å². The standard InChI is InChI=1S/C18H21ClF2N4O2/c1-11(2)15(23-16(26)12-4-6-13(19)7-5-12)17(27)24(3)10-14-22-8-9-25(14)18(20)21/h4-9,11,15,18H,10H2,1-3H3,(H,23,26). The number of imidazole rings is 1. The van der Waals surface area contributed by atoms with Gasteiger partial charge in [-0.1, -0.05) is 25.4 Å². The number of hydrogen-bond acceptors (Lipinski definition) is 3. The van der Waals surface area contributed by atoms with Gasteiger partial charge in [0, 0.05) is 30.0 Å². The molecule has 2 amide bonds. The Balaban J connectivity index is 2.10. The monoisotopic (exact) mass is 398 g/mol. The van der Waals surface area contributed by atoms with Gasteiger partial charge in [0.2, 0.25) is 5.91 Å². The van der Waals surface area contributed by atoms with Crippen molar-refractivity contribution in [3.05, 3.63) is 53.1 Å². The zero-order valence-corrected chi connectivity index (χ0v) is 16.0. The molecule has 2 aromatic rings. The summed E-state index contributed by atoms with van der Waals surface area (Å²) < 4.78 is 26.6. The molecule has 0 aliphatic heterocycles. The summed E-state index contributed by atoms with van der Waals surface area (Å²) in [5.74, 6) is -0.948. The van der Waals surface area contributed by atoms with Crippen molar-refractivity contribution in [2.75, 3.05) is 7.05 Å². The molecule has 1 unspecified atom stereocenters. The molecule has 6 nitrogen and oxygen atoms in total. The van der Waals surface area contributed by atoms with Crippen molar-refractivity contribution in [2.24, 2.45) is 5.92 Å². The van der Waals surface area contributed by atoms with Crippen LogP contribution in [0.25, 0.3) is 0 Å². The van der Waals surface area contributed by atoms with Crippen LogP contribution in [0.2, 0.25) is 5.02 Å². The van der Waals surface area contributed by atoms with Gasteiger partial charge >= 0.3 is 6.55 Å². The molecule has 27 heavy (non-hydrogen) atoms. The van der Waals surface area contributed by atoms with Crippen LogP contribution in [-0.2, 0) is 11.3 Å². The van der Waals surface area contributed by atoms with Crippen LogP contribution in [0.1, 0.15) is 36.6 Å². The average molecular weight is 399 g/mol. The molecule has 1 N–H and O–H groups in total. The molecule has 0 aliphatic carbocycles. The van der Waals surface area contributed by atoms with Crippen molar-refractivity contribution in [3.63, 3.8) is 0 Å². The largest absolute Gasteiger partial charge is 0.340 e. The van der Waals surface area contributed by atoms with Crippen LogP contribution in [0, 0.1) is 5.92 Å². The lowest BCUT2D eigenvalue weighted by atomic mass is 10.0. The molecule has 1 aromatic heterocycles. The number of carbonyl (C=O) groups is 2. The summed E-state index contributed by atoms with van der Waals surface area (Å²) in [6.45, 7) is 0.740. The second-order valence-corrected chi connectivity index (χ2v) is 6.86. The van der Waals surface area contributed by atoms with Gasteiger partial charge in [0.05, 0.1) is 6.54 Å². The highest BCUT2D eigenvalue weighted by Crippen LogP contribution is 2.15. The Morgan fingerprint density at radius 3 is 2.44 bits per heavy atom. The first-order valence-electron chi connectivity index (χ1n) is 8.32. The first-order chi connectivity index (χ1) is 12.7. The lowest BCUT2D eigenvalue weighted by Gasteiger charge is -2.27. The lowest BCUT2D eigenvalue weighted by Crippen LogP contribution is -2.50. The minimum absolute atomic E-state index is 0.0624. The van der Waals surface area contributed by atoms with Gasteiger partial charge in [0.15, 0.2) is 0 Å². The molecule has 0 spiro atoms. The molecule has 0 saturated heterocycles. The van der Waals surface area contributed by atoms with Crippen LogP contribution >= 0.6 is 11.6 Å². The van der Waals surface area contributed by atoms with Gasteiger partial charge in [-0.15, -0.1) is 0 Å². The molecule has 0 radical (unpaired) electrons. The van der Waals surface area contributed by atoms with Crippen LogP contribution in [0.15, 0.2) is 36.7 Å². The number of hydrogen-bond donors (Lipinski definition) is 1. The van der Waals surface area contributed by atoms with E-state index < -0.39 is 24.4 Å². The third kappa shape index (κ3) is 5.26. The maximum absolute atomic E-state index is 12.9. The molecule has 0 bridgehead atoms. The zero-order chi connectivity index (χ0) is 20.1. The van der Waals surface area contributed by atoms with Crippen molar-refractivity contribution < 1.29 is 18.4 Å². The van der Waals surface area contributed by atoms with Gasteiger partial charge in [0.25, 0.3) is 5.91 Å². The maximum atomic E-state index is 12.9. The molecule has 0 saturated carbocycles. The second kappa shape index (κ2) is 8.94. The number of likely N-dealkylation sites (N-methyl/N-ethyl adjacent to an activating group) is 1. The Morgan fingerprint density at radius 1 is 1.26 bits per heavy atom. The number of halogens is 3. The van der Waals surface area contributed by atoms with E-state index in [2.05, 4.69) is 10.3 Å². The highest BCUT2D eigenvalue weighted by molar-refractivity contribution is 6.30. The first-order valence-corrected chi connectivity index (χ1v) is 8.69. The maximum Gasteiger partial charge on any atom is 0.319 e. The number of alkyl halides is 2. The van der Waals surface area contributed by atoms with Gasteiger partial charge in [0.1, 0.15) is 11.9 Å². The lowest BCUT2D eigenvalue weighted by molar-refractivity contribution is -0.133. The molecular weight excluding hydrogens is 378 g/mol. The molecule has 9 heteroatoms. The van der Waals surface area contributed by atoms with Crippen LogP contribution in [0.4, 0.5) is 8.78 Å². The smallest absolute Gasteiger partial charge is 0.319 e. The second-order valence-electron chi connectivity index (χ2n) is 6.42. The number of rotatable bonds is 7. The van der Waals surface area contributed by atoms with E-state index in [0.717, 1.165) is 6.20 Å². The van der Waals surface area contributed by atoms with E-state index in [0.29, 0.717) is 15.2 Å². The van der Waals surface area contributed by atoms with Gasteiger partial charge < -0.3 is 10.2 Å². The van der Waals surface area contributed by atoms with E-state index in [-0.39, 0.29) is 18.3 Å². The van der Waals surface area contributed by atoms with Crippen molar-refractivity contribution in [2.45, 2.75) is 33.0 Å². The Labute approximate surface area is 161 Å². The SMILES string of the molecule is CC(C)C(NC(=O)c1ccc(Cl)cc1)C(=O)N(C)Cc1nccn1C(F)F. The van der Waals surface area contributed by atoms with E-state index in [1.165, 1.54) is 18.1 Å². The Hall–Kier alpha value is -2.48. The molecule has 1 aromatic carbocycles. The summed E-state index contributed by atoms with van der Waals surface area (Å²) in [7, 11) is 1.48. The van der Waals surface area contributed by atoms with Crippen molar-refractivity contribution in [1.29, 1.82) is 0 Å². The highest BCUT2D eigenvalue weighted by Gasteiger charge is 2.28. The predicted molar refractivity (Wildman–Crippen MR) is 97.5 cm³/mol. The number of carbonyl (C=O) groups excluding carboxylic acids is 2. The van der Waals surface area contributed by atoms with Gasteiger partial charge in [-0.05, 0) is 30.2 Å². The number of benzene rings is 1. The average Bonchev–Trinajstić information content (AvgIpc) is 3.07. The first kappa shape index (κ1) is 20.8. The van der Waals surface area contributed by atoms with Gasteiger partial charge in [-0.2, -0.15) is 8.78 Å². The van der Waals surface area contributed by atoms with Crippen LogP contribution in [-0.4, -0.2) is 39.4 Å². The quantitative estimate of drug-likeness (QED) is 0.777. The van der Waals surface area contributed by atoms with Crippen molar-refractivity contribution in [1.82, 2.24) is 19.8 Å². The molecule has 0 fully saturated rings. The topological polar surface area (TPSA) is 67.2 Å². The molecule has 0 aliphatic rings. The molecule has 146 valence electrons. The van der Waals surface area contributed by atoms with E-state index in [1.807, 2.05) is 0 Å². The minimum Gasteiger partial charge on any atom is -0.340 e. The number of aromatic nitrogens is 2. The van der Waals surface area contributed by atoms with Gasteiger partial charge in [-0.25, -0.2) is 4.98 Å². The molecule has 2 rings (SSSR count). The molecular formula is C18H21ClF2N4O2. The number of amides is 2. The van der Waals surface area contributed by atoms with Gasteiger partial charge in [-0.3, -0.25) is 14.2 Å². The van der Waals surface area contributed by atoms with E-state index in [4.69, 9.17) is 11.6 Å². The summed E-state index contributed by atoms with van der Waals surface area (Å²) in [4.78, 5) is 30.3. The Bertz CT molecular complexity index is 793. The van der Waals surface area contributed by atoms with E-state index >= 15 is 0 Å². The number of nitrogens with one attached hydrogen (secondary N) is 1. The fourth-order valence-electron chi connectivity index (χ4n) is 2.51. The third-order valence-electron chi connectivity index (χ3n) is 4.04.